The van der Waals surface area contributed by atoms with Crippen molar-refractivity contribution >= 4 is 23.9 Å². The van der Waals surface area contributed by atoms with Gasteiger partial charge in [-0.3, -0.25) is 14.6 Å². The number of amides is 5. The molecule has 10 nitrogen and oxygen atoms in total. The topological polar surface area (TPSA) is 135 Å². The van der Waals surface area contributed by atoms with E-state index in [-0.39, 0.29) is 24.4 Å². The second-order valence-corrected chi connectivity index (χ2v) is 12.2. The van der Waals surface area contributed by atoms with E-state index in [1.807, 2.05) is 44.2 Å². The number of imide groups is 1. The minimum atomic E-state index is -1.02. The van der Waals surface area contributed by atoms with Gasteiger partial charge in [-0.2, -0.15) is 0 Å². The molecule has 41 heavy (non-hydrogen) atoms. The number of aromatic nitrogens is 1. The number of hydrogen-bond donors (Lipinski definition) is 2. The molecular formula is C31H41N5O5. The minimum Gasteiger partial charge on any atom is -0.443 e. The zero-order valence-corrected chi connectivity index (χ0v) is 24.6. The van der Waals surface area contributed by atoms with Crippen molar-refractivity contribution in [3.63, 3.8) is 0 Å². The van der Waals surface area contributed by atoms with Crippen molar-refractivity contribution < 1.29 is 23.9 Å². The molecule has 2 heterocycles. The number of carbonyl (C=O) groups excluding carboxylic acids is 4. The largest absolute Gasteiger partial charge is 0.443 e. The molecule has 1 aromatic heterocycles. The number of fused-ring (bicyclic) bond motifs is 1. The molecule has 10 heteroatoms. The summed E-state index contributed by atoms with van der Waals surface area (Å²) in [4.78, 5) is 58.7. The average molecular weight is 564 g/mol. The van der Waals surface area contributed by atoms with Crippen LogP contribution in [0.15, 0.2) is 36.5 Å². The Morgan fingerprint density at radius 3 is 2.34 bits per heavy atom. The number of carbonyl (C=O) groups is 4. The van der Waals surface area contributed by atoms with Crippen LogP contribution in [-0.2, 0) is 22.5 Å². The fourth-order valence-corrected chi connectivity index (χ4v) is 5.35. The van der Waals surface area contributed by atoms with Crippen molar-refractivity contribution in [2.75, 3.05) is 0 Å². The molecule has 1 fully saturated rings. The normalized spacial score (nSPS) is 16.3. The van der Waals surface area contributed by atoms with Crippen molar-refractivity contribution in [2.24, 2.45) is 5.73 Å². The molecule has 1 aromatic carbocycles. The SMILES string of the molecule is CC(C)N1Cc2cc(-c3ccc(CC(NC(=O)N(C(=O)OC(C)(C)C)C4CCCCC4)C(N)=O)cc3)cnc2C1=O. The van der Waals surface area contributed by atoms with Crippen LogP contribution in [0.4, 0.5) is 9.59 Å². The van der Waals surface area contributed by atoms with Crippen molar-refractivity contribution in [3.8, 4) is 11.1 Å². The molecule has 5 amide bonds. The zero-order chi connectivity index (χ0) is 29.9. The van der Waals surface area contributed by atoms with E-state index in [0.29, 0.717) is 25.1 Å². The molecule has 2 aromatic rings. The number of ether oxygens (including phenoxy) is 1. The Bertz CT molecular complexity index is 1290. The monoisotopic (exact) mass is 563 g/mol. The summed E-state index contributed by atoms with van der Waals surface area (Å²) in [7, 11) is 0. The summed E-state index contributed by atoms with van der Waals surface area (Å²) in [5, 5.41) is 2.69. The molecule has 1 atom stereocenters. The summed E-state index contributed by atoms with van der Waals surface area (Å²) in [6.45, 7) is 9.74. The summed E-state index contributed by atoms with van der Waals surface area (Å²) in [5.41, 5.74) is 8.88. The van der Waals surface area contributed by atoms with E-state index in [9.17, 15) is 19.2 Å². The standard InChI is InChI=1S/C31H41N5O5/c1-19(2)35-18-23-16-22(17-33-26(23)28(35)38)21-13-11-20(12-14-21)15-25(27(32)37)34-29(39)36(24-9-7-6-8-10-24)30(40)41-31(3,4)5/h11-14,16-17,19,24-25H,6-10,15,18H2,1-5H3,(H2,32,37)(H,34,39). The van der Waals surface area contributed by atoms with Gasteiger partial charge in [0.25, 0.3) is 5.91 Å². The third kappa shape index (κ3) is 7.23. The number of nitrogens with one attached hydrogen (secondary N) is 1. The van der Waals surface area contributed by atoms with Gasteiger partial charge < -0.3 is 20.7 Å². The fourth-order valence-electron chi connectivity index (χ4n) is 5.35. The summed E-state index contributed by atoms with van der Waals surface area (Å²) in [5.74, 6) is -0.748. The molecule has 1 saturated carbocycles. The van der Waals surface area contributed by atoms with Crippen LogP contribution in [0.25, 0.3) is 11.1 Å². The second-order valence-electron chi connectivity index (χ2n) is 12.2. The predicted molar refractivity (Wildman–Crippen MR) is 155 cm³/mol. The average Bonchev–Trinajstić information content (AvgIpc) is 3.24. The Morgan fingerprint density at radius 1 is 1.10 bits per heavy atom. The van der Waals surface area contributed by atoms with Gasteiger partial charge >= 0.3 is 12.1 Å². The lowest BCUT2D eigenvalue weighted by molar-refractivity contribution is -0.119. The highest BCUT2D eigenvalue weighted by atomic mass is 16.6. The van der Waals surface area contributed by atoms with E-state index < -0.39 is 29.7 Å². The first-order chi connectivity index (χ1) is 19.3. The van der Waals surface area contributed by atoms with E-state index >= 15 is 0 Å². The van der Waals surface area contributed by atoms with Gasteiger partial charge in [-0.25, -0.2) is 14.5 Å². The number of rotatable bonds is 7. The highest BCUT2D eigenvalue weighted by molar-refractivity contribution is 5.97. The Balaban J connectivity index is 1.47. The van der Waals surface area contributed by atoms with Crippen LogP contribution in [0.5, 0.6) is 0 Å². The molecule has 2 aliphatic rings. The number of primary amides is 1. The van der Waals surface area contributed by atoms with Crippen LogP contribution in [0.3, 0.4) is 0 Å². The second kappa shape index (κ2) is 12.3. The van der Waals surface area contributed by atoms with E-state index in [2.05, 4.69) is 10.3 Å². The molecule has 0 bridgehead atoms. The number of urea groups is 1. The van der Waals surface area contributed by atoms with E-state index in [1.54, 1.807) is 31.9 Å². The van der Waals surface area contributed by atoms with Gasteiger partial charge in [-0.15, -0.1) is 0 Å². The maximum Gasteiger partial charge on any atom is 0.418 e. The summed E-state index contributed by atoms with van der Waals surface area (Å²) < 4.78 is 5.52. The third-order valence-corrected chi connectivity index (χ3v) is 7.51. The van der Waals surface area contributed by atoms with Crippen molar-refractivity contribution in [3.05, 3.63) is 53.3 Å². The maximum absolute atomic E-state index is 13.4. The van der Waals surface area contributed by atoms with E-state index in [0.717, 1.165) is 46.4 Å². The number of hydrogen-bond acceptors (Lipinski definition) is 6. The summed E-state index contributed by atoms with van der Waals surface area (Å²) >= 11 is 0. The molecule has 0 spiro atoms. The van der Waals surface area contributed by atoms with Crippen LogP contribution in [0, 0.1) is 0 Å². The van der Waals surface area contributed by atoms with Crippen LogP contribution >= 0.6 is 0 Å². The molecule has 3 N–H and O–H groups in total. The van der Waals surface area contributed by atoms with Gasteiger partial charge in [0.2, 0.25) is 5.91 Å². The van der Waals surface area contributed by atoms with E-state index in [1.165, 1.54) is 0 Å². The van der Waals surface area contributed by atoms with Gasteiger partial charge in [0.05, 0.1) is 0 Å². The molecule has 4 rings (SSSR count). The summed E-state index contributed by atoms with van der Waals surface area (Å²) in [6, 6.07) is 7.63. The first-order valence-electron chi connectivity index (χ1n) is 14.3. The van der Waals surface area contributed by atoms with Crippen LogP contribution in [0.1, 0.15) is 88.3 Å². The van der Waals surface area contributed by atoms with Gasteiger partial charge in [0.1, 0.15) is 17.3 Å². The number of benzene rings is 1. The van der Waals surface area contributed by atoms with Crippen LogP contribution < -0.4 is 11.1 Å². The van der Waals surface area contributed by atoms with Crippen molar-refractivity contribution in [2.45, 2.75) is 103 Å². The lowest BCUT2D eigenvalue weighted by Gasteiger charge is -2.34. The molecular weight excluding hydrogens is 522 g/mol. The lowest BCUT2D eigenvalue weighted by Crippen LogP contribution is -2.56. The number of nitrogens with zero attached hydrogens (tertiary/aromatic N) is 3. The Hall–Kier alpha value is -3.95. The highest BCUT2D eigenvalue weighted by Crippen LogP contribution is 2.28. The number of nitrogens with two attached hydrogens (primary N) is 1. The lowest BCUT2D eigenvalue weighted by atomic mass is 9.94. The van der Waals surface area contributed by atoms with Crippen molar-refractivity contribution in [1.82, 2.24) is 20.1 Å². The maximum atomic E-state index is 13.4. The molecule has 1 aliphatic carbocycles. The molecule has 220 valence electrons. The molecule has 1 aliphatic heterocycles. The molecule has 0 radical (unpaired) electrons. The van der Waals surface area contributed by atoms with Crippen molar-refractivity contribution in [1.29, 1.82) is 0 Å². The Kier molecular flexibility index (Phi) is 8.99. The third-order valence-electron chi connectivity index (χ3n) is 7.51. The smallest absolute Gasteiger partial charge is 0.418 e. The van der Waals surface area contributed by atoms with Crippen LogP contribution in [-0.4, -0.2) is 62.4 Å². The zero-order valence-electron chi connectivity index (χ0n) is 24.6. The number of pyridine rings is 1. The Labute approximate surface area is 241 Å². The quantitative estimate of drug-likeness (QED) is 0.497. The summed E-state index contributed by atoms with van der Waals surface area (Å²) in [6.07, 6.45) is 5.38. The van der Waals surface area contributed by atoms with Crippen LogP contribution in [0.2, 0.25) is 0 Å². The van der Waals surface area contributed by atoms with Gasteiger partial charge in [-0.1, -0.05) is 43.5 Å². The Morgan fingerprint density at radius 2 is 1.76 bits per heavy atom. The van der Waals surface area contributed by atoms with Gasteiger partial charge in [0, 0.05) is 42.4 Å². The predicted octanol–water partition coefficient (Wildman–Crippen LogP) is 4.79. The first kappa shape index (κ1) is 30.0. The van der Waals surface area contributed by atoms with E-state index in [4.69, 9.17) is 10.5 Å². The van der Waals surface area contributed by atoms with Gasteiger partial charge in [-0.05, 0) is 64.7 Å². The highest BCUT2D eigenvalue weighted by Gasteiger charge is 2.36. The first-order valence-corrected chi connectivity index (χ1v) is 14.3. The molecule has 0 saturated heterocycles. The molecule has 1 unspecified atom stereocenters. The van der Waals surface area contributed by atoms with Gasteiger partial charge in [0.15, 0.2) is 0 Å². The fraction of sp³-hybridized carbons (Fsp3) is 0.516. The minimum absolute atomic E-state index is 0.0508.